The van der Waals surface area contributed by atoms with E-state index in [4.69, 9.17) is 4.43 Å². The monoisotopic (exact) mass is 489 g/mol. The number of rotatable bonds is 7. The minimum atomic E-state index is -0.919. The number of aliphatic carboxylic acids is 1. The quantitative estimate of drug-likeness (QED) is 0.287. The van der Waals surface area contributed by atoms with Crippen LogP contribution in [0.25, 0.3) is 0 Å². The molecule has 0 amide bonds. The highest BCUT2D eigenvalue weighted by molar-refractivity contribution is 6.56. The summed E-state index contributed by atoms with van der Waals surface area (Å²) >= 11 is 0. The molecule has 1 N–H and O–H groups in total. The molecule has 0 aromatic rings. The Morgan fingerprint density at radius 3 is 2.32 bits per heavy atom. The summed E-state index contributed by atoms with van der Waals surface area (Å²) in [5.41, 5.74) is 4.36. The van der Waals surface area contributed by atoms with Gasteiger partial charge in [-0.25, -0.2) is 0 Å². The summed E-state index contributed by atoms with van der Waals surface area (Å²) in [5.74, 6) is 1.20. The van der Waals surface area contributed by atoms with Crippen molar-refractivity contribution >= 4 is 15.0 Å². The Hall–Kier alpha value is -0.613. The number of hydrogen-bond acceptors (Lipinski definition) is 2. The summed E-state index contributed by atoms with van der Waals surface area (Å²) in [5, 5.41) is 9.66. The lowest BCUT2D eigenvalue weighted by atomic mass is 9.43. The Morgan fingerprint density at radius 1 is 1.12 bits per heavy atom. The van der Waals surface area contributed by atoms with Crippen LogP contribution in [0.3, 0.4) is 0 Å². The van der Waals surface area contributed by atoms with Crippen molar-refractivity contribution in [1.29, 1.82) is 0 Å². The molecule has 4 heteroatoms. The largest absolute Gasteiger partial charge is 0.481 e. The van der Waals surface area contributed by atoms with Crippen molar-refractivity contribution in [1.82, 2.24) is 0 Å². The van der Waals surface area contributed by atoms with Crippen molar-refractivity contribution in [3.8, 4) is 0 Å². The van der Waals surface area contributed by atoms with Gasteiger partial charge in [-0.05, 0) is 97.5 Å². The number of hydrogen-bond donors (Lipinski definition) is 1. The average Bonchev–Trinajstić information content (AvgIpc) is 2.70. The molecular formula is C30H53O3Si. The lowest BCUT2D eigenvalue weighted by Crippen LogP contribution is -2.58. The van der Waals surface area contributed by atoms with Crippen LogP contribution in [0.5, 0.6) is 0 Å². The number of carboxylic acids is 1. The molecule has 0 bridgehead atoms. The molecule has 195 valence electrons. The minimum Gasteiger partial charge on any atom is -0.481 e. The van der Waals surface area contributed by atoms with Crippen LogP contribution in [0.4, 0.5) is 0 Å². The van der Waals surface area contributed by atoms with Crippen molar-refractivity contribution in [2.45, 2.75) is 137 Å². The summed E-state index contributed by atoms with van der Waals surface area (Å²) in [6.07, 6.45) is 9.66. The molecule has 0 heterocycles. The van der Waals surface area contributed by atoms with Gasteiger partial charge in [-0.15, -0.1) is 0 Å². The minimum absolute atomic E-state index is 0.197. The fourth-order valence-corrected chi connectivity index (χ4v) is 11.5. The first-order valence-corrected chi connectivity index (χ1v) is 15.5. The Balaban J connectivity index is 1.81. The zero-order valence-corrected chi connectivity index (χ0v) is 24.9. The van der Waals surface area contributed by atoms with Crippen molar-refractivity contribution in [3.63, 3.8) is 0 Å². The van der Waals surface area contributed by atoms with Crippen LogP contribution in [0, 0.1) is 34.5 Å². The Labute approximate surface area is 212 Å². The smallest absolute Gasteiger partial charge is 0.306 e. The van der Waals surface area contributed by atoms with Gasteiger partial charge < -0.3 is 9.53 Å². The van der Waals surface area contributed by atoms with Gasteiger partial charge in [0.15, 0.2) is 0 Å². The molecule has 0 saturated heterocycles. The molecule has 0 aliphatic heterocycles. The first-order chi connectivity index (χ1) is 15.6. The van der Waals surface area contributed by atoms with Crippen LogP contribution in [-0.4, -0.2) is 26.2 Å². The first kappa shape index (κ1) is 28.0. The second-order valence-corrected chi connectivity index (χ2v) is 17.8. The van der Waals surface area contributed by atoms with Crippen molar-refractivity contribution in [2.24, 2.45) is 34.5 Å². The van der Waals surface area contributed by atoms with E-state index in [1.54, 1.807) is 11.1 Å². The second kappa shape index (κ2) is 10.0. The predicted octanol–water partition coefficient (Wildman–Crippen LogP) is 8.65. The Morgan fingerprint density at radius 2 is 1.76 bits per heavy atom. The van der Waals surface area contributed by atoms with Gasteiger partial charge in [0.1, 0.15) is 0 Å². The molecule has 3 aliphatic carbocycles. The lowest BCUT2D eigenvalue weighted by Gasteiger charge is -2.63. The molecule has 2 fully saturated rings. The zero-order valence-electron chi connectivity index (χ0n) is 23.9. The van der Waals surface area contributed by atoms with Gasteiger partial charge >= 0.3 is 5.97 Å². The fraction of sp³-hybridized carbons (Fsp3) is 0.900. The van der Waals surface area contributed by atoms with Crippen LogP contribution in [0.2, 0.25) is 10.6 Å². The first-order valence-electron chi connectivity index (χ1n) is 14.1. The third-order valence-electron chi connectivity index (χ3n) is 10.2. The van der Waals surface area contributed by atoms with E-state index in [0.717, 1.165) is 18.8 Å². The maximum Gasteiger partial charge on any atom is 0.306 e. The SMILES string of the molecule is CC1=C(CCC(C)C(=O)O)[C@@H]2CC[C@H]3C(C)(C)[C@@H](O[Si](C(C)C)C(C)(C)C)CC[C@]3(C)[C@H]2CC1. The van der Waals surface area contributed by atoms with Crippen LogP contribution in [0.1, 0.15) is 121 Å². The van der Waals surface area contributed by atoms with Crippen LogP contribution in [-0.2, 0) is 9.22 Å². The molecule has 2 saturated carbocycles. The van der Waals surface area contributed by atoms with Gasteiger partial charge in [-0.3, -0.25) is 4.79 Å². The summed E-state index contributed by atoms with van der Waals surface area (Å²) in [7, 11) is -0.919. The Kier molecular flexibility index (Phi) is 8.25. The van der Waals surface area contributed by atoms with E-state index in [0.29, 0.717) is 28.9 Å². The maximum atomic E-state index is 11.4. The zero-order chi connectivity index (χ0) is 25.6. The van der Waals surface area contributed by atoms with E-state index in [-0.39, 0.29) is 16.4 Å². The van der Waals surface area contributed by atoms with E-state index in [1.165, 1.54) is 38.5 Å². The average molecular weight is 490 g/mol. The highest BCUT2D eigenvalue weighted by Crippen LogP contribution is 2.65. The van der Waals surface area contributed by atoms with Gasteiger partial charge in [0.05, 0.1) is 12.0 Å². The molecule has 3 nitrogen and oxygen atoms in total. The molecular weight excluding hydrogens is 436 g/mol. The maximum absolute atomic E-state index is 11.4. The van der Waals surface area contributed by atoms with E-state index in [9.17, 15) is 9.90 Å². The third kappa shape index (κ3) is 5.24. The van der Waals surface area contributed by atoms with Crippen LogP contribution < -0.4 is 0 Å². The van der Waals surface area contributed by atoms with Crippen molar-refractivity contribution < 1.29 is 14.3 Å². The fourth-order valence-electron chi connectivity index (χ4n) is 8.45. The highest BCUT2D eigenvalue weighted by atomic mass is 28.3. The van der Waals surface area contributed by atoms with E-state index >= 15 is 0 Å². The van der Waals surface area contributed by atoms with Gasteiger partial charge in [-0.1, -0.05) is 73.5 Å². The lowest BCUT2D eigenvalue weighted by molar-refractivity contribution is -0.144. The molecule has 1 unspecified atom stereocenters. The topological polar surface area (TPSA) is 46.5 Å². The molecule has 6 atom stereocenters. The number of fused-ring (bicyclic) bond motifs is 3. The van der Waals surface area contributed by atoms with Gasteiger partial charge in [0.2, 0.25) is 9.04 Å². The molecule has 1 radical (unpaired) electrons. The number of carbonyl (C=O) groups is 1. The molecule has 3 rings (SSSR count). The van der Waals surface area contributed by atoms with E-state index in [1.807, 2.05) is 6.92 Å². The highest BCUT2D eigenvalue weighted by Gasteiger charge is 2.59. The molecule has 0 aromatic heterocycles. The second-order valence-electron chi connectivity index (χ2n) is 14.2. The van der Waals surface area contributed by atoms with Crippen LogP contribution >= 0.6 is 0 Å². The summed E-state index contributed by atoms with van der Waals surface area (Å²) in [6, 6.07) is 0. The standard InChI is InChI=1S/C30H53O3Si/c1-19(2)34(28(5,6)7)33-26-17-18-30(10)24-15-12-20(3)22(13-11-21(4)27(31)32)23(24)14-16-25(30)29(26,8)9/h19,21,23-26H,11-18H2,1-10H3,(H,31,32)/t21?,23-,24-,25-,26-,30+/m0/s1. The normalized spacial score (nSPS) is 34.7. The summed E-state index contributed by atoms with van der Waals surface area (Å²) < 4.78 is 7.13. The predicted molar refractivity (Wildman–Crippen MR) is 144 cm³/mol. The summed E-state index contributed by atoms with van der Waals surface area (Å²) in [4.78, 5) is 11.4. The molecule has 34 heavy (non-hydrogen) atoms. The van der Waals surface area contributed by atoms with Crippen LogP contribution in [0.15, 0.2) is 11.1 Å². The van der Waals surface area contributed by atoms with Crippen molar-refractivity contribution in [2.75, 3.05) is 0 Å². The van der Waals surface area contributed by atoms with Gasteiger partial charge in [0.25, 0.3) is 0 Å². The number of carboxylic acid groups (broad SMARTS) is 1. The molecule has 0 aromatic carbocycles. The number of allylic oxidation sites excluding steroid dienone is 2. The molecule has 3 aliphatic rings. The van der Waals surface area contributed by atoms with Gasteiger partial charge in [-0.2, -0.15) is 0 Å². The Bertz CT molecular complexity index is 776. The van der Waals surface area contributed by atoms with Crippen molar-refractivity contribution in [3.05, 3.63) is 11.1 Å². The van der Waals surface area contributed by atoms with E-state index in [2.05, 4.69) is 62.3 Å². The van der Waals surface area contributed by atoms with Gasteiger partial charge in [0, 0.05) is 0 Å². The molecule has 0 spiro atoms. The third-order valence-corrected chi connectivity index (χ3v) is 13.3. The van der Waals surface area contributed by atoms with E-state index < -0.39 is 15.0 Å². The summed E-state index contributed by atoms with van der Waals surface area (Å²) in [6.45, 7) is 23.7.